The van der Waals surface area contributed by atoms with Gasteiger partial charge in [0, 0.05) is 12.2 Å². The lowest BCUT2D eigenvalue weighted by Crippen LogP contribution is -2.23. The molecule has 0 spiro atoms. The first-order valence-corrected chi connectivity index (χ1v) is 5.89. The SMILES string of the molecule is CCOC(=O)c1ccc(C)c(NCC(O)CO)c1. The van der Waals surface area contributed by atoms with E-state index in [0.29, 0.717) is 12.2 Å². The molecule has 100 valence electrons. The number of ether oxygens (including phenoxy) is 1. The van der Waals surface area contributed by atoms with Crippen LogP contribution in [0.4, 0.5) is 5.69 Å². The molecule has 0 bridgehead atoms. The van der Waals surface area contributed by atoms with Crippen LogP contribution in [0, 0.1) is 6.92 Å². The fourth-order valence-corrected chi connectivity index (χ4v) is 1.45. The van der Waals surface area contributed by atoms with E-state index >= 15 is 0 Å². The molecule has 1 aromatic carbocycles. The molecule has 0 radical (unpaired) electrons. The zero-order chi connectivity index (χ0) is 13.5. The first-order valence-electron chi connectivity index (χ1n) is 5.89. The molecule has 1 rings (SSSR count). The number of aliphatic hydroxyl groups is 2. The molecule has 0 heterocycles. The number of anilines is 1. The van der Waals surface area contributed by atoms with Gasteiger partial charge in [-0.25, -0.2) is 4.79 Å². The fraction of sp³-hybridized carbons (Fsp3) is 0.462. The van der Waals surface area contributed by atoms with Gasteiger partial charge in [0.05, 0.1) is 24.9 Å². The lowest BCUT2D eigenvalue weighted by molar-refractivity contribution is 0.0526. The van der Waals surface area contributed by atoms with Crippen molar-refractivity contribution in [1.82, 2.24) is 0 Å². The van der Waals surface area contributed by atoms with Crippen molar-refractivity contribution in [1.29, 1.82) is 0 Å². The number of hydrogen-bond acceptors (Lipinski definition) is 5. The van der Waals surface area contributed by atoms with E-state index in [1.54, 1.807) is 25.1 Å². The van der Waals surface area contributed by atoms with Gasteiger partial charge in [-0.2, -0.15) is 0 Å². The number of esters is 1. The lowest BCUT2D eigenvalue weighted by atomic mass is 10.1. The zero-order valence-electron chi connectivity index (χ0n) is 10.6. The highest BCUT2D eigenvalue weighted by Gasteiger charge is 2.09. The first-order chi connectivity index (χ1) is 8.58. The third-order valence-electron chi connectivity index (χ3n) is 2.49. The Morgan fingerprint density at radius 3 is 2.83 bits per heavy atom. The van der Waals surface area contributed by atoms with E-state index in [4.69, 9.17) is 9.84 Å². The van der Waals surface area contributed by atoms with Gasteiger partial charge in [-0.1, -0.05) is 6.07 Å². The molecule has 0 aliphatic heterocycles. The number of nitrogens with one attached hydrogen (secondary N) is 1. The van der Waals surface area contributed by atoms with E-state index in [0.717, 1.165) is 11.3 Å². The maximum atomic E-state index is 11.6. The summed E-state index contributed by atoms with van der Waals surface area (Å²) < 4.78 is 4.91. The second-order valence-electron chi connectivity index (χ2n) is 3.97. The van der Waals surface area contributed by atoms with E-state index in [2.05, 4.69) is 5.32 Å². The molecule has 0 amide bonds. The third-order valence-corrected chi connectivity index (χ3v) is 2.49. The van der Waals surface area contributed by atoms with Crippen molar-refractivity contribution in [3.05, 3.63) is 29.3 Å². The number of aryl methyl sites for hydroxylation is 1. The van der Waals surface area contributed by atoms with Crippen molar-refractivity contribution < 1.29 is 19.7 Å². The molecule has 0 aliphatic rings. The van der Waals surface area contributed by atoms with Crippen LogP contribution in [-0.4, -0.2) is 42.0 Å². The normalized spacial score (nSPS) is 12.0. The number of carbonyl (C=O) groups is 1. The predicted molar refractivity (Wildman–Crippen MR) is 68.7 cm³/mol. The Bertz CT molecular complexity index is 406. The molecule has 0 saturated heterocycles. The molecule has 1 atom stereocenters. The van der Waals surface area contributed by atoms with Crippen LogP contribution < -0.4 is 5.32 Å². The molecule has 0 fully saturated rings. The van der Waals surface area contributed by atoms with Crippen molar-refractivity contribution in [3.63, 3.8) is 0 Å². The highest BCUT2D eigenvalue weighted by molar-refractivity contribution is 5.90. The summed E-state index contributed by atoms with van der Waals surface area (Å²) >= 11 is 0. The van der Waals surface area contributed by atoms with Crippen LogP contribution in [0.25, 0.3) is 0 Å². The highest BCUT2D eigenvalue weighted by atomic mass is 16.5. The van der Waals surface area contributed by atoms with Gasteiger partial charge in [-0.3, -0.25) is 0 Å². The second kappa shape index (κ2) is 6.98. The van der Waals surface area contributed by atoms with Crippen LogP contribution in [0.3, 0.4) is 0 Å². The topological polar surface area (TPSA) is 78.8 Å². The molecule has 5 nitrogen and oxygen atoms in total. The molecule has 18 heavy (non-hydrogen) atoms. The summed E-state index contributed by atoms with van der Waals surface area (Å²) in [7, 11) is 0. The molecule has 3 N–H and O–H groups in total. The molecule has 5 heteroatoms. The van der Waals surface area contributed by atoms with Gasteiger partial charge in [-0.05, 0) is 31.5 Å². The average Bonchev–Trinajstić information content (AvgIpc) is 2.37. The number of hydrogen-bond donors (Lipinski definition) is 3. The highest BCUT2D eigenvalue weighted by Crippen LogP contribution is 2.17. The summed E-state index contributed by atoms with van der Waals surface area (Å²) in [5.74, 6) is -0.372. The summed E-state index contributed by atoms with van der Waals surface area (Å²) in [6, 6.07) is 5.18. The number of benzene rings is 1. The van der Waals surface area contributed by atoms with Crippen LogP contribution >= 0.6 is 0 Å². The van der Waals surface area contributed by atoms with Gasteiger partial charge < -0.3 is 20.3 Å². The number of aliphatic hydroxyl groups excluding tert-OH is 2. The van der Waals surface area contributed by atoms with Crippen molar-refractivity contribution in [2.75, 3.05) is 25.1 Å². The minimum absolute atomic E-state index is 0.226. The van der Waals surface area contributed by atoms with Crippen LogP contribution in [0.15, 0.2) is 18.2 Å². The van der Waals surface area contributed by atoms with Gasteiger partial charge in [-0.15, -0.1) is 0 Å². The molecule has 0 saturated carbocycles. The van der Waals surface area contributed by atoms with Crippen molar-refractivity contribution in [2.45, 2.75) is 20.0 Å². The summed E-state index contributed by atoms with van der Waals surface area (Å²) in [6.07, 6.45) is -0.823. The Hall–Kier alpha value is -1.59. The van der Waals surface area contributed by atoms with Crippen LogP contribution in [-0.2, 0) is 4.74 Å². The number of rotatable bonds is 6. The molecule has 1 unspecified atom stereocenters. The minimum atomic E-state index is -0.823. The monoisotopic (exact) mass is 253 g/mol. The van der Waals surface area contributed by atoms with Crippen LogP contribution in [0.2, 0.25) is 0 Å². The van der Waals surface area contributed by atoms with E-state index in [-0.39, 0.29) is 19.1 Å². The number of carbonyl (C=O) groups excluding carboxylic acids is 1. The average molecular weight is 253 g/mol. The van der Waals surface area contributed by atoms with Gasteiger partial charge in [0.1, 0.15) is 0 Å². The Labute approximate surface area is 106 Å². The van der Waals surface area contributed by atoms with Crippen molar-refractivity contribution in [3.8, 4) is 0 Å². The van der Waals surface area contributed by atoms with E-state index < -0.39 is 6.10 Å². The summed E-state index contributed by atoms with van der Waals surface area (Å²) in [5.41, 5.74) is 2.16. The predicted octanol–water partition coefficient (Wildman–Crippen LogP) is 0.937. The van der Waals surface area contributed by atoms with E-state index in [1.165, 1.54) is 0 Å². The second-order valence-corrected chi connectivity index (χ2v) is 3.97. The van der Waals surface area contributed by atoms with Crippen LogP contribution in [0.5, 0.6) is 0 Å². The van der Waals surface area contributed by atoms with Crippen LogP contribution in [0.1, 0.15) is 22.8 Å². The summed E-state index contributed by atoms with van der Waals surface area (Å²) in [4.78, 5) is 11.6. The minimum Gasteiger partial charge on any atom is -0.462 e. The van der Waals surface area contributed by atoms with E-state index in [1.807, 2.05) is 6.92 Å². The molecule has 0 aromatic heterocycles. The zero-order valence-corrected chi connectivity index (χ0v) is 10.6. The first kappa shape index (κ1) is 14.5. The van der Waals surface area contributed by atoms with Crippen molar-refractivity contribution >= 4 is 11.7 Å². The van der Waals surface area contributed by atoms with E-state index in [9.17, 15) is 9.90 Å². The molecule has 1 aromatic rings. The molecular formula is C13H19NO4. The Balaban J connectivity index is 2.78. The Morgan fingerprint density at radius 1 is 1.50 bits per heavy atom. The summed E-state index contributed by atoms with van der Waals surface area (Å²) in [5, 5.41) is 21.0. The molecular weight excluding hydrogens is 234 g/mol. The standard InChI is InChI=1S/C13H19NO4/c1-3-18-13(17)10-5-4-9(2)12(6-10)14-7-11(16)8-15/h4-6,11,14-16H,3,7-8H2,1-2H3. The third kappa shape index (κ3) is 4.01. The van der Waals surface area contributed by atoms with Crippen molar-refractivity contribution in [2.24, 2.45) is 0 Å². The van der Waals surface area contributed by atoms with Gasteiger partial charge in [0.25, 0.3) is 0 Å². The van der Waals surface area contributed by atoms with Gasteiger partial charge in [0.15, 0.2) is 0 Å². The summed E-state index contributed by atoms with van der Waals surface area (Å²) in [6.45, 7) is 3.90. The maximum Gasteiger partial charge on any atom is 0.338 e. The Kier molecular flexibility index (Phi) is 5.61. The van der Waals surface area contributed by atoms with Gasteiger partial charge in [0.2, 0.25) is 0 Å². The largest absolute Gasteiger partial charge is 0.462 e. The van der Waals surface area contributed by atoms with Gasteiger partial charge >= 0.3 is 5.97 Å². The smallest absolute Gasteiger partial charge is 0.338 e. The maximum absolute atomic E-state index is 11.6. The quantitative estimate of drug-likeness (QED) is 0.657. The molecule has 0 aliphatic carbocycles. The fourth-order valence-electron chi connectivity index (χ4n) is 1.45. The Morgan fingerprint density at radius 2 is 2.22 bits per heavy atom. The lowest BCUT2D eigenvalue weighted by Gasteiger charge is -2.13.